The normalized spacial score (nSPS) is 16.0. The number of benzene rings is 1. The van der Waals surface area contributed by atoms with Gasteiger partial charge in [0.2, 0.25) is 0 Å². The summed E-state index contributed by atoms with van der Waals surface area (Å²) in [5, 5.41) is 2.91. The van der Waals surface area contributed by atoms with Crippen LogP contribution in [0.1, 0.15) is 50.5 Å². The van der Waals surface area contributed by atoms with Crippen molar-refractivity contribution in [1.82, 2.24) is 5.32 Å². The van der Waals surface area contributed by atoms with Crippen LogP contribution in [-0.2, 0) is 0 Å². The predicted molar refractivity (Wildman–Crippen MR) is 92.5 cm³/mol. The smallest absolute Gasteiger partial charge is 0.131 e. The average Bonchev–Trinajstić information content (AvgIpc) is 2.53. The van der Waals surface area contributed by atoms with Crippen LogP contribution in [0.2, 0.25) is 0 Å². The fourth-order valence-corrected chi connectivity index (χ4v) is 3.13. The Bertz CT molecular complexity index is 539. The number of allylic oxidation sites excluding steroid dienone is 1. The molecule has 0 bridgehead atoms. The largest absolute Gasteiger partial charge is 0.371 e. The van der Waals surface area contributed by atoms with E-state index in [9.17, 15) is 8.78 Å². The lowest BCUT2D eigenvalue weighted by atomic mass is 9.94. The van der Waals surface area contributed by atoms with Crippen molar-refractivity contribution in [3.8, 4) is 0 Å². The van der Waals surface area contributed by atoms with Crippen molar-refractivity contribution in [3.63, 3.8) is 0 Å². The van der Waals surface area contributed by atoms with Crippen LogP contribution in [0.5, 0.6) is 0 Å². The summed E-state index contributed by atoms with van der Waals surface area (Å²) in [5.41, 5.74) is 1.64. The van der Waals surface area contributed by atoms with Gasteiger partial charge in [-0.2, -0.15) is 0 Å². The van der Waals surface area contributed by atoms with E-state index >= 15 is 0 Å². The van der Waals surface area contributed by atoms with Gasteiger partial charge in [-0.25, -0.2) is 8.78 Å². The molecule has 2 rings (SSSR count). The first kappa shape index (κ1) is 17.5. The summed E-state index contributed by atoms with van der Waals surface area (Å²) in [4.78, 5) is 2.07. The topological polar surface area (TPSA) is 15.3 Å². The lowest BCUT2D eigenvalue weighted by molar-refractivity contribution is 0.515. The monoisotopic (exact) mass is 320 g/mol. The van der Waals surface area contributed by atoms with Gasteiger partial charge in [-0.1, -0.05) is 20.1 Å². The molecule has 1 aromatic rings. The fraction of sp³-hybridized carbons (Fsp3) is 0.474. The first-order valence-corrected chi connectivity index (χ1v) is 8.32. The molecule has 2 nitrogen and oxygen atoms in total. The molecule has 0 radical (unpaired) electrons. The molecule has 1 heterocycles. The number of nitrogens with one attached hydrogen (secondary N) is 1. The van der Waals surface area contributed by atoms with Crippen LogP contribution in [0.25, 0.3) is 0 Å². The fourth-order valence-electron chi connectivity index (χ4n) is 3.13. The van der Waals surface area contributed by atoms with Crippen molar-refractivity contribution >= 4 is 5.69 Å². The molecule has 1 atom stereocenters. The molecule has 0 aromatic heterocycles. The minimum absolute atomic E-state index is 0.178. The molecule has 4 heteroatoms. The highest BCUT2D eigenvalue weighted by Gasteiger charge is 2.20. The second kappa shape index (κ2) is 8.14. The highest BCUT2D eigenvalue weighted by atomic mass is 19.1. The van der Waals surface area contributed by atoms with Crippen molar-refractivity contribution in [3.05, 3.63) is 54.4 Å². The summed E-state index contributed by atoms with van der Waals surface area (Å²) in [7, 11) is 0. The van der Waals surface area contributed by atoms with E-state index in [0.29, 0.717) is 18.5 Å². The SMILES string of the molecule is C=CNC(=C)CCC(C)c1c(F)cc(N2CCCCC2)cc1F. The van der Waals surface area contributed by atoms with Gasteiger partial charge in [-0.3, -0.25) is 0 Å². The first-order chi connectivity index (χ1) is 11.0. The molecule has 1 saturated heterocycles. The Morgan fingerprint density at radius 3 is 2.43 bits per heavy atom. The Labute approximate surface area is 137 Å². The highest BCUT2D eigenvalue weighted by molar-refractivity contribution is 5.49. The Balaban J connectivity index is 2.09. The molecule has 0 aliphatic carbocycles. The standard InChI is InChI=1S/C19H26F2N2/c1-4-22-15(3)9-8-14(2)19-17(20)12-16(13-18(19)21)23-10-6-5-7-11-23/h4,12-14,22H,1,3,5-11H2,2H3. The number of nitrogens with zero attached hydrogens (tertiary/aromatic N) is 1. The number of anilines is 1. The number of halogens is 2. The molecule has 1 aliphatic rings. The van der Waals surface area contributed by atoms with Gasteiger partial charge in [0.1, 0.15) is 11.6 Å². The summed E-state index contributed by atoms with van der Waals surface area (Å²) >= 11 is 0. The van der Waals surface area contributed by atoms with Gasteiger partial charge in [0.05, 0.1) is 0 Å². The summed E-state index contributed by atoms with van der Waals surface area (Å²) in [6.45, 7) is 11.0. The Morgan fingerprint density at radius 2 is 1.87 bits per heavy atom. The Kier molecular flexibility index (Phi) is 6.20. The maximum atomic E-state index is 14.5. The van der Waals surface area contributed by atoms with Crippen LogP contribution < -0.4 is 10.2 Å². The van der Waals surface area contributed by atoms with Gasteiger partial charge >= 0.3 is 0 Å². The van der Waals surface area contributed by atoms with Crippen molar-refractivity contribution in [1.29, 1.82) is 0 Å². The van der Waals surface area contributed by atoms with Gasteiger partial charge < -0.3 is 10.2 Å². The van der Waals surface area contributed by atoms with E-state index in [2.05, 4.69) is 23.4 Å². The van der Waals surface area contributed by atoms with Crippen LogP contribution in [0.15, 0.2) is 37.2 Å². The van der Waals surface area contributed by atoms with E-state index in [0.717, 1.165) is 31.6 Å². The second-order valence-corrected chi connectivity index (χ2v) is 6.26. The van der Waals surface area contributed by atoms with Crippen LogP contribution in [0.4, 0.5) is 14.5 Å². The van der Waals surface area contributed by atoms with E-state index in [-0.39, 0.29) is 11.5 Å². The summed E-state index contributed by atoms with van der Waals surface area (Å²) in [6.07, 6.45) is 6.21. The van der Waals surface area contributed by atoms with Crippen molar-refractivity contribution in [2.45, 2.75) is 44.9 Å². The van der Waals surface area contributed by atoms with E-state index in [1.54, 1.807) is 6.20 Å². The molecule has 1 aromatic carbocycles. The van der Waals surface area contributed by atoms with E-state index < -0.39 is 11.6 Å². The third-order valence-corrected chi connectivity index (χ3v) is 4.46. The maximum Gasteiger partial charge on any atom is 0.131 e. The highest BCUT2D eigenvalue weighted by Crippen LogP contribution is 2.31. The van der Waals surface area contributed by atoms with Gasteiger partial charge in [0, 0.05) is 30.0 Å². The van der Waals surface area contributed by atoms with Crippen molar-refractivity contribution in [2.75, 3.05) is 18.0 Å². The third kappa shape index (κ3) is 4.57. The molecule has 1 fully saturated rings. The lowest BCUT2D eigenvalue weighted by Gasteiger charge is -2.29. The number of hydrogen-bond acceptors (Lipinski definition) is 2. The van der Waals surface area contributed by atoms with Gasteiger partial charge in [-0.05, 0) is 56.4 Å². The quantitative estimate of drug-likeness (QED) is 0.753. The average molecular weight is 320 g/mol. The third-order valence-electron chi connectivity index (χ3n) is 4.46. The zero-order chi connectivity index (χ0) is 16.8. The van der Waals surface area contributed by atoms with E-state index in [4.69, 9.17) is 0 Å². The molecule has 0 amide bonds. The summed E-state index contributed by atoms with van der Waals surface area (Å²) in [5.74, 6) is -1.09. The molecular weight excluding hydrogens is 294 g/mol. The van der Waals surface area contributed by atoms with Crippen LogP contribution >= 0.6 is 0 Å². The molecule has 1 unspecified atom stereocenters. The minimum atomic E-state index is -0.444. The zero-order valence-electron chi connectivity index (χ0n) is 13.9. The number of hydrogen-bond donors (Lipinski definition) is 1. The van der Waals surface area contributed by atoms with Crippen molar-refractivity contribution < 1.29 is 8.78 Å². The molecular formula is C19H26F2N2. The van der Waals surface area contributed by atoms with Crippen LogP contribution in [-0.4, -0.2) is 13.1 Å². The molecule has 0 saturated carbocycles. The summed E-state index contributed by atoms with van der Waals surface area (Å²) < 4.78 is 28.9. The van der Waals surface area contributed by atoms with Gasteiger partial charge in [-0.15, -0.1) is 0 Å². The molecule has 1 N–H and O–H groups in total. The van der Waals surface area contributed by atoms with Crippen LogP contribution in [0, 0.1) is 11.6 Å². The van der Waals surface area contributed by atoms with E-state index in [1.165, 1.54) is 18.6 Å². The molecule has 1 aliphatic heterocycles. The first-order valence-electron chi connectivity index (χ1n) is 8.32. The lowest BCUT2D eigenvalue weighted by Crippen LogP contribution is -2.29. The Hall–Kier alpha value is -1.84. The predicted octanol–water partition coefficient (Wildman–Crippen LogP) is 5.09. The molecule has 0 spiro atoms. The number of rotatable bonds is 7. The summed E-state index contributed by atoms with van der Waals surface area (Å²) in [6, 6.07) is 2.97. The van der Waals surface area contributed by atoms with Gasteiger partial charge in [0.25, 0.3) is 0 Å². The second-order valence-electron chi connectivity index (χ2n) is 6.26. The number of piperidine rings is 1. The van der Waals surface area contributed by atoms with Crippen LogP contribution in [0.3, 0.4) is 0 Å². The van der Waals surface area contributed by atoms with Gasteiger partial charge in [0.15, 0.2) is 0 Å². The molecule has 23 heavy (non-hydrogen) atoms. The maximum absolute atomic E-state index is 14.5. The Morgan fingerprint density at radius 1 is 1.26 bits per heavy atom. The zero-order valence-corrected chi connectivity index (χ0v) is 13.9. The van der Waals surface area contributed by atoms with E-state index in [1.807, 2.05) is 6.92 Å². The minimum Gasteiger partial charge on any atom is -0.371 e. The molecule has 126 valence electrons. The van der Waals surface area contributed by atoms with Crippen molar-refractivity contribution in [2.24, 2.45) is 0 Å².